The van der Waals surface area contributed by atoms with Crippen molar-refractivity contribution in [1.82, 2.24) is 10.2 Å². The second-order valence-corrected chi connectivity index (χ2v) is 5.08. The van der Waals surface area contributed by atoms with Gasteiger partial charge >= 0.3 is 0 Å². The molecule has 108 valence electrons. The lowest BCUT2D eigenvalue weighted by molar-refractivity contribution is 0.0801. The van der Waals surface area contributed by atoms with Gasteiger partial charge in [-0.15, -0.1) is 0 Å². The number of rotatable bonds is 10. The lowest BCUT2D eigenvalue weighted by Gasteiger charge is -2.33. The van der Waals surface area contributed by atoms with Gasteiger partial charge in [-0.25, -0.2) is 0 Å². The Morgan fingerprint density at radius 2 is 1.78 bits per heavy atom. The third-order valence-corrected chi connectivity index (χ3v) is 3.77. The predicted octanol–water partition coefficient (Wildman–Crippen LogP) is 1.50. The van der Waals surface area contributed by atoms with Crippen LogP contribution in [0.4, 0.5) is 0 Å². The topological polar surface area (TPSA) is 33.7 Å². The van der Waals surface area contributed by atoms with Crippen molar-refractivity contribution in [3.63, 3.8) is 0 Å². The Kier molecular flexibility index (Phi) is 8.59. The van der Waals surface area contributed by atoms with Crippen molar-refractivity contribution in [3.05, 3.63) is 0 Å². The third-order valence-electron chi connectivity index (χ3n) is 3.77. The first kappa shape index (κ1) is 15.9. The van der Waals surface area contributed by atoms with Crippen LogP contribution in [-0.2, 0) is 9.47 Å². The van der Waals surface area contributed by atoms with Gasteiger partial charge in [-0.3, -0.25) is 4.90 Å². The van der Waals surface area contributed by atoms with Crippen LogP contribution in [0, 0.1) is 0 Å². The summed E-state index contributed by atoms with van der Waals surface area (Å²) < 4.78 is 10.5. The van der Waals surface area contributed by atoms with Gasteiger partial charge in [0.15, 0.2) is 0 Å². The lowest BCUT2D eigenvalue weighted by Crippen LogP contribution is -2.49. The maximum Gasteiger partial charge on any atom is 0.0589 e. The van der Waals surface area contributed by atoms with Crippen LogP contribution in [0.25, 0.3) is 0 Å². The molecule has 0 aromatic carbocycles. The van der Waals surface area contributed by atoms with Crippen LogP contribution < -0.4 is 5.32 Å². The SMILES string of the molecule is CCCNC1CCCC1N(CCOC)CCOC. The van der Waals surface area contributed by atoms with Gasteiger partial charge in [-0.2, -0.15) is 0 Å². The number of methoxy groups -OCH3 is 2. The second kappa shape index (κ2) is 9.73. The molecule has 0 aromatic rings. The van der Waals surface area contributed by atoms with Crippen LogP contribution in [-0.4, -0.2) is 64.1 Å². The van der Waals surface area contributed by atoms with E-state index in [2.05, 4.69) is 17.1 Å². The van der Waals surface area contributed by atoms with Crippen molar-refractivity contribution in [1.29, 1.82) is 0 Å². The average Bonchev–Trinajstić information content (AvgIpc) is 2.85. The number of nitrogens with zero attached hydrogens (tertiary/aromatic N) is 1. The van der Waals surface area contributed by atoms with Gasteiger partial charge in [0.1, 0.15) is 0 Å². The molecule has 18 heavy (non-hydrogen) atoms. The third kappa shape index (κ3) is 5.22. The summed E-state index contributed by atoms with van der Waals surface area (Å²) in [5, 5.41) is 3.69. The summed E-state index contributed by atoms with van der Waals surface area (Å²) in [6, 6.07) is 1.31. The molecule has 2 unspecified atom stereocenters. The number of hydrogen-bond donors (Lipinski definition) is 1. The highest BCUT2D eigenvalue weighted by molar-refractivity contribution is 4.90. The van der Waals surface area contributed by atoms with Crippen LogP contribution in [0.15, 0.2) is 0 Å². The molecule has 1 fully saturated rings. The minimum atomic E-state index is 0.652. The van der Waals surface area contributed by atoms with E-state index in [-0.39, 0.29) is 0 Å². The van der Waals surface area contributed by atoms with Crippen molar-refractivity contribution in [3.8, 4) is 0 Å². The molecular weight excluding hydrogens is 228 g/mol. The van der Waals surface area contributed by atoms with Crippen molar-refractivity contribution in [2.24, 2.45) is 0 Å². The van der Waals surface area contributed by atoms with Gasteiger partial charge in [0.25, 0.3) is 0 Å². The summed E-state index contributed by atoms with van der Waals surface area (Å²) in [4.78, 5) is 2.54. The molecule has 1 aliphatic rings. The van der Waals surface area contributed by atoms with E-state index in [0.29, 0.717) is 12.1 Å². The first-order valence-corrected chi connectivity index (χ1v) is 7.28. The fourth-order valence-electron chi connectivity index (χ4n) is 2.81. The van der Waals surface area contributed by atoms with E-state index in [4.69, 9.17) is 9.47 Å². The summed E-state index contributed by atoms with van der Waals surface area (Å²) in [7, 11) is 3.55. The molecule has 1 N–H and O–H groups in total. The smallest absolute Gasteiger partial charge is 0.0589 e. The molecule has 4 heteroatoms. The summed E-state index contributed by atoms with van der Waals surface area (Å²) in [6.07, 6.45) is 5.15. The van der Waals surface area contributed by atoms with E-state index in [0.717, 1.165) is 32.8 Å². The molecule has 1 rings (SSSR count). The zero-order valence-electron chi connectivity index (χ0n) is 12.3. The minimum absolute atomic E-state index is 0.652. The van der Waals surface area contributed by atoms with Crippen molar-refractivity contribution in [2.75, 3.05) is 47.1 Å². The molecule has 0 bridgehead atoms. The fourth-order valence-corrected chi connectivity index (χ4v) is 2.81. The number of nitrogens with one attached hydrogen (secondary N) is 1. The van der Waals surface area contributed by atoms with E-state index in [1.165, 1.54) is 25.7 Å². The fraction of sp³-hybridized carbons (Fsp3) is 1.00. The van der Waals surface area contributed by atoms with Crippen molar-refractivity contribution >= 4 is 0 Å². The highest BCUT2D eigenvalue weighted by Crippen LogP contribution is 2.24. The Bertz CT molecular complexity index is 194. The quantitative estimate of drug-likeness (QED) is 0.644. The van der Waals surface area contributed by atoms with Crippen LogP contribution in [0.5, 0.6) is 0 Å². The Morgan fingerprint density at radius 3 is 2.33 bits per heavy atom. The van der Waals surface area contributed by atoms with Gasteiger partial charge in [0, 0.05) is 39.4 Å². The zero-order valence-corrected chi connectivity index (χ0v) is 12.3. The Labute approximate surface area is 112 Å². The molecule has 0 heterocycles. The first-order valence-electron chi connectivity index (χ1n) is 7.28. The Balaban J connectivity index is 2.46. The van der Waals surface area contributed by atoms with Crippen LogP contribution in [0.2, 0.25) is 0 Å². The monoisotopic (exact) mass is 258 g/mol. The second-order valence-electron chi connectivity index (χ2n) is 5.08. The summed E-state index contributed by atoms with van der Waals surface area (Å²) in [6.45, 7) is 6.99. The molecule has 0 amide bonds. The Morgan fingerprint density at radius 1 is 1.11 bits per heavy atom. The van der Waals surface area contributed by atoms with E-state index >= 15 is 0 Å². The predicted molar refractivity (Wildman–Crippen MR) is 75.0 cm³/mol. The van der Waals surface area contributed by atoms with E-state index in [1.54, 1.807) is 14.2 Å². The van der Waals surface area contributed by atoms with E-state index in [1.807, 2.05) is 0 Å². The van der Waals surface area contributed by atoms with Crippen molar-refractivity contribution in [2.45, 2.75) is 44.7 Å². The Hall–Kier alpha value is -0.160. The largest absolute Gasteiger partial charge is 0.383 e. The number of ether oxygens (including phenoxy) is 2. The summed E-state index contributed by atoms with van der Waals surface area (Å²) >= 11 is 0. The van der Waals surface area contributed by atoms with Crippen molar-refractivity contribution < 1.29 is 9.47 Å². The van der Waals surface area contributed by atoms with Crippen LogP contribution in [0.3, 0.4) is 0 Å². The van der Waals surface area contributed by atoms with Gasteiger partial charge < -0.3 is 14.8 Å². The lowest BCUT2D eigenvalue weighted by atomic mass is 10.1. The van der Waals surface area contributed by atoms with Crippen LogP contribution >= 0.6 is 0 Å². The van der Waals surface area contributed by atoms with Crippen LogP contribution in [0.1, 0.15) is 32.6 Å². The number of hydrogen-bond acceptors (Lipinski definition) is 4. The maximum atomic E-state index is 5.23. The highest BCUT2D eigenvalue weighted by Gasteiger charge is 2.31. The van der Waals surface area contributed by atoms with E-state index in [9.17, 15) is 0 Å². The molecule has 0 radical (unpaired) electrons. The molecule has 0 saturated heterocycles. The molecule has 1 aliphatic carbocycles. The average molecular weight is 258 g/mol. The molecule has 0 spiro atoms. The van der Waals surface area contributed by atoms with E-state index < -0.39 is 0 Å². The normalized spacial score (nSPS) is 24.0. The summed E-state index contributed by atoms with van der Waals surface area (Å²) in [5.74, 6) is 0. The van der Waals surface area contributed by atoms with Gasteiger partial charge in [-0.1, -0.05) is 13.3 Å². The zero-order chi connectivity index (χ0) is 13.2. The molecule has 1 saturated carbocycles. The van der Waals surface area contributed by atoms with Gasteiger partial charge in [-0.05, 0) is 25.8 Å². The molecular formula is C14H30N2O2. The minimum Gasteiger partial charge on any atom is -0.383 e. The summed E-state index contributed by atoms with van der Waals surface area (Å²) in [5.41, 5.74) is 0. The maximum absolute atomic E-state index is 5.23. The molecule has 0 aromatic heterocycles. The highest BCUT2D eigenvalue weighted by atomic mass is 16.5. The first-order chi connectivity index (χ1) is 8.83. The van der Waals surface area contributed by atoms with Gasteiger partial charge in [0.2, 0.25) is 0 Å². The molecule has 0 aliphatic heterocycles. The van der Waals surface area contributed by atoms with Gasteiger partial charge in [0.05, 0.1) is 13.2 Å². The molecule has 4 nitrogen and oxygen atoms in total. The molecule has 2 atom stereocenters. The standard InChI is InChI=1S/C14H30N2O2/c1-4-8-15-13-6-5-7-14(13)16(9-11-17-2)10-12-18-3/h13-15H,4-12H2,1-3H3.